The Morgan fingerprint density at radius 2 is 1.97 bits per heavy atom. The van der Waals surface area contributed by atoms with Crippen molar-refractivity contribution in [2.24, 2.45) is 0 Å². The number of Topliss-reactive ketones (excluding diaryl/α,β-unsaturated/α-hetero) is 1. The third-order valence-corrected chi connectivity index (χ3v) is 6.97. The summed E-state index contributed by atoms with van der Waals surface area (Å²) in [4.78, 5) is 25.7. The normalized spacial score (nSPS) is 17.5. The topological polar surface area (TPSA) is 58.1 Å². The van der Waals surface area contributed by atoms with E-state index in [1.807, 2.05) is 30.6 Å². The molecule has 0 unspecified atom stereocenters. The van der Waals surface area contributed by atoms with E-state index in [2.05, 4.69) is 39.4 Å². The average molecular weight is 417 g/mol. The van der Waals surface area contributed by atoms with E-state index in [1.165, 1.54) is 0 Å². The lowest BCUT2D eigenvalue weighted by Gasteiger charge is -2.30. The molecule has 3 aromatic rings. The number of hydrogen-bond acceptors (Lipinski definition) is 6. The first-order valence-electron chi connectivity index (χ1n) is 10.3. The van der Waals surface area contributed by atoms with Crippen LogP contribution in [0.15, 0.2) is 48.2 Å². The lowest BCUT2D eigenvalue weighted by Crippen LogP contribution is -2.36. The largest absolute Gasteiger partial charge is 0.382 e. The first kappa shape index (κ1) is 19.2. The van der Waals surface area contributed by atoms with Crippen LogP contribution in [0.5, 0.6) is 0 Å². The monoisotopic (exact) mass is 416 g/mol. The fraction of sp³-hybridized carbons (Fsp3) is 0.292. The highest BCUT2D eigenvalue weighted by Crippen LogP contribution is 2.44. The van der Waals surface area contributed by atoms with Gasteiger partial charge >= 0.3 is 0 Å². The van der Waals surface area contributed by atoms with Crippen molar-refractivity contribution in [1.29, 1.82) is 0 Å². The van der Waals surface area contributed by atoms with Gasteiger partial charge in [0.05, 0.1) is 16.1 Å². The van der Waals surface area contributed by atoms with Gasteiger partial charge in [0.25, 0.3) is 0 Å². The minimum Gasteiger partial charge on any atom is -0.382 e. The van der Waals surface area contributed by atoms with E-state index in [1.54, 1.807) is 23.7 Å². The number of aryl methyl sites for hydroxylation is 1. The number of aromatic nitrogens is 2. The first-order valence-corrected chi connectivity index (χ1v) is 11.2. The molecule has 3 heterocycles. The van der Waals surface area contributed by atoms with Gasteiger partial charge < -0.3 is 10.2 Å². The highest BCUT2D eigenvalue weighted by molar-refractivity contribution is 7.11. The molecule has 0 saturated carbocycles. The summed E-state index contributed by atoms with van der Waals surface area (Å²) in [6.45, 7) is 4.20. The fourth-order valence-electron chi connectivity index (χ4n) is 4.38. The maximum Gasteiger partial charge on any atom is 0.195 e. The van der Waals surface area contributed by atoms with Crippen molar-refractivity contribution in [3.63, 3.8) is 0 Å². The summed E-state index contributed by atoms with van der Waals surface area (Å²) in [6, 6.07) is 10.5. The highest BCUT2D eigenvalue weighted by Gasteiger charge is 2.33. The number of piperidine rings is 1. The van der Waals surface area contributed by atoms with Crippen LogP contribution in [0.2, 0.25) is 0 Å². The van der Waals surface area contributed by atoms with Crippen molar-refractivity contribution in [2.75, 3.05) is 25.5 Å². The summed E-state index contributed by atoms with van der Waals surface area (Å²) in [5.41, 5.74) is 8.11. The number of rotatable bonds is 4. The van der Waals surface area contributed by atoms with Crippen molar-refractivity contribution in [2.45, 2.75) is 25.8 Å². The van der Waals surface area contributed by atoms with Crippen molar-refractivity contribution in [1.82, 2.24) is 14.9 Å². The van der Waals surface area contributed by atoms with Crippen molar-refractivity contribution in [3.8, 4) is 0 Å². The number of likely N-dealkylation sites (tertiary alicyclic amines) is 1. The molecule has 0 radical (unpaired) electrons. The predicted molar refractivity (Wildman–Crippen MR) is 122 cm³/mol. The lowest BCUT2D eigenvalue weighted by atomic mass is 9.99. The Morgan fingerprint density at radius 3 is 2.67 bits per heavy atom. The molecule has 1 saturated heterocycles. The molecule has 1 aromatic carbocycles. The molecule has 1 aliphatic heterocycles. The second-order valence-electron chi connectivity index (χ2n) is 8.07. The second kappa shape index (κ2) is 7.78. The van der Waals surface area contributed by atoms with Crippen LogP contribution in [-0.4, -0.2) is 46.8 Å². The number of allylic oxidation sites excluding steroid dienone is 1. The minimum absolute atomic E-state index is 0.0628. The number of ketones is 1. The zero-order valence-corrected chi connectivity index (χ0v) is 18.0. The molecule has 5 nitrogen and oxygen atoms in total. The number of thiazole rings is 1. The first-order chi connectivity index (χ1) is 14.6. The quantitative estimate of drug-likeness (QED) is 0.678. The van der Waals surface area contributed by atoms with E-state index in [0.29, 0.717) is 6.04 Å². The van der Waals surface area contributed by atoms with Crippen LogP contribution < -0.4 is 5.32 Å². The maximum absolute atomic E-state index is 13.6. The van der Waals surface area contributed by atoms with Crippen LogP contribution in [0, 0.1) is 6.92 Å². The molecule has 5 rings (SSSR count). The van der Waals surface area contributed by atoms with E-state index in [-0.39, 0.29) is 5.78 Å². The van der Waals surface area contributed by atoms with Gasteiger partial charge in [-0.15, -0.1) is 11.3 Å². The molecule has 1 fully saturated rings. The second-order valence-corrected chi connectivity index (χ2v) is 8.92. The molecule has 0 atom stereocenters. The van der Waals surface area contributed by atoms with Gasteiger partial charge in [-0.2, -0.15) is 0 Å². The summed E-state index contributed by atoms with van der Waals surface area (Å²) in [7, 11) is 2.17. The SMILES string of the molecule is Cc1ncsc1C1=C(c2cccnc2)C(=O)c2cc(NC3CCN(C)CC3)ccc21. The van der Waals surface area contributed by atoms with Gasteiger partial charge in [0.15, 0.2) is 5.78 Å². The Hall–Kier alpha value is -2.83. The highest BCUT2D eigenvalue weighted by atomic mass is 32.1. The Morgan fingerprint density at radius 1 is 1.13 bits per heavy atom. The minimum atomic E-state index is 0.0628. The van der Waals surface area contributed by atoms with Gasteiger partial charge in [-0.05, 0) is 63.7 Å². The van der Waals surface area contributed by atoms with Crippen LogP contribution in [-0.2, 0) is 0 Å². The number of benzene rings is 1. The standard InChI is InChI=1S/C24H24N4OS/c1-15-24(30-14-26-15)22-19-6-5-18(27-17-7-10-28(2)11-8-17)12-20(19)23(29)21(22)16-4-3-9-25-13-16/h3-6,9,12-14,17,27H,7-8,10-11H2,1-2H3. The van der Waals surface area contributed by atoms with Crippen LogP contribution >= 0.6 is 11.3 Å². The number of fused-ring (bicyclic) bond motifs is 1. The molecule has 1 aliphatic carbocycles. The number of anilines is 1. The van der Waals surface area contributed by atoms with E-state index < -0.39 is 0 Å². The Balaban J connectivity index is 1.55. The number of nitrogens with zero attached hydrogens (tertiary/aromatic N) is 3. The van der Waals surface area contributed by atoms with Gasteiger partial charge in [-0.25, -0.2) is 4.98 Å². The maximum atomic E-state index is 13.6. The molecule has 0 bridgehead atoms. The third kappa shape index (κ3) is 3.36. The molecule has 2 aliphatic rings. The number of nitrogens with one attached hydrogen (secondary N) is 1. The van der Waals surface area contributed by atoms with Gasteiger partial charge in [0, 0.05) is 46.4 Å². The Bertz CT molecular complexity index is 1130. The van der Waals surface area contributed by atoms with Crippen molar-refractivity contribution >= 4 is 34.0 Å². The molecule has 0 spiro atoms. The van der Waals surface area contributed by atoms with Crippen molar-refractivity contribution in [3.05, 3.63) is 75.5 Å². The molecular formula is C24H24N4OS. The average Bonchev–Trinajstić information content (AvgIpc) is 3.31. The van der Waals surface area contributed by atoms with Crippen LogP contribution in [0.25, 0.3) is 11.1 Å². The van der Waals surface area contributed by atoms with Crippen LogP contribution in [0.3, 0.4) is 0 Å². The van der Waals surface area contributed by atoms with E-state index in [0.717, 1.165) is 70.0 Å². The van der Waals surface area contributed by atoms with Gasteiger partial charge in [-0.3, -0.25) is 9.78 Å². The molecule has 6 heteroatoms. The molecular weight excluding hydrogens is 392 g/mol. The summed E-state index contributed by atoms with van der Waals surface area (Å²) < 4.78 is 0. The predicted octanol–water partition coefficient (Wildman–Crippen LogP) is 4.51. The molecule has 0 amide bonds. The number of carbonyl (C=O) groups is 1. The molecule has 1 N–H and O–H groups in total. The van der Waals surface area contributed by atoms with Gasteiger partial charge in [0.2, 0.25) is 0 Å². The van der Waals surface area contributed by atoms with E-state index >= 15 is 0 Å². The molecule has 30 heavy (non-hydrogen) atoms. The lowest BCUT2D eigenvalue weighted by molar-refractivity contribution is 0.105. The summed E-state index contributed by atoms with van der Waals surface area (Å²) in [5, 5.41) is 3.65. The smallest absolute Gasteiger partial charge is 0.195 e. The Labute approximate surface area is 180 Å². The zero-order valence-electron chi connectivity index (χ0n) is 17.2. The molecule has 152 valence electrons. The third-order valence-electron chi connectivity index (χ3n) is 6.02. The number of carbonyl (C=O) groups excluding carboxylic acids is 1. The van der Waals surface area contributed by atoms with Crippen molar-refractivity contribution < 1.29 is 4.79 Å². The Kier molecular flexibility index (Phi) is 4.97. The van der Waals surface area contributed by atoms with E-state index in [9.17, 15) is 4.79 Å². The zero-order chi connectivity index (χ0) is 20.7. The summed E-state index contributed by atoms with van der Waals surface area (Å²) in [6.07, 6.45) is 5.74. The van der Waals surface area contributed by atoms with Gasteiger partial charge in [0.1, 0.15) is 0 Å². The van der Waals surface area contributed by atoms with Crippen LogP contribution in [0.1, 0.15) is 44.9 Å². The molecule has 2 aromatic heterocycles. The summed E-state index contributed by atoms with van der Waals surface area (Å²) in [5.74, 6) is 0.0628. The number of pyridine rings is 1. The van der Waals surface area contributed by atoms with E-state index in [4.69, 9.17) is 0 Å². The fourth-order valence-corrected chi connectivity index (χ4v) is 5.24. The van der Waals surface area contributed by atoms with Gasteiger partial charge in [-0.1, -0.05) is 12.1 Å². The number of hydrogen-bond donors (Lipinski definition) is 1. The van der Waals surface area contributed by atoms with Crippen LogP contribution in [0.4, 0.5) is 5.69 Å². The summed E-state index contributed by atoms with van der Waals surface area (Å²) >= 11 is 1.58.